The van der Waals surface area contributed by atoms with Crippen LogP contribution in [0.1, 0.15) is 11.1 Å². The fourth-order valence-electron chi connectivity index (χ4n) is 3.65. The Labute approximate surface area is 201 Å². The first-order chi connectivity index (χ1) is 16.7. The van der Waals surface area contributed by atoms with Crippen LogP contribution in [0.3, 0.4) is 0 Å². The Hall–Kier alpha value is -2.52. The molecule has 2 aromatic carbocycles. The summed E-state index contributed by atoms with van der Waals surface area (Å²) in [5, 5.41) is 11.2. The molecule has 1 N–H and O–H groups in total. The number of aliphatic hydroxyl groups is 1. The summed E-state index contributed by atoms with van der Waals surface area (Å²) >= 11 is 0. The predicted octanol–water partition coefficient (Wildman–Crippen LogP) is 3.66. The lowest BCUT2D eigenvalue weighted by Crippen LogP contribution is -2.61. The quantitative estimate of drug-likeness (QED) is 0.423. The highest BCUT2D eigenvalue weighted by molar-refractivity contribution is 5.26. The molecule has 7 heteroatoms. The van der Waals surface area contributed by atoms with Gasteiger partial charge in [-0.3, -0.25) is 0 Å². The Morgan fingerprint density at radius 3 is 2.21 bits per heavy atom. The van der Waals surface area contributed by atoms with Crippen LogP contribution in [-0.4, -0.2) is 62.7 Å². The molecule has 0 bridgehead atoms. The van der Waals surface area contributed by atoms with Crippen molar-refractivity contribution in [3.05, 3.63) is 91.0 Å². The van der Waals surface area contributed by atoms with Gasteiger partial charge in [0.1, 0.15) is 30.2 Å². The molecular weight excluding hydrogens is 436 g/mol. The van der Waals surface area contributed by atoms with Crippen molar-refractivity contribution in [2.24, 2.45) is 0 Å². The standard InChI is InChI=1S/C27H34O7/c1-4-15-31-26-25(33-18-20-9-7-6-8-10-20)24(28)23(34-27(26)32-16-5-2)19-30-17-21-11-13-22(29-3)14-12-21/h4-14,23-28H,1-2,15-19H2,3H3/t23-,24-,25+,26+,27+/m1/s1. The van der Waals surface area contributed by atoms with Crippen molar-refractivity contribution in [2.45, 2.75) is 43.9 Å². The van der Waals surface area contributed by atoms with Crippen LogP contribution in [0.2, 0.25) is 0 Å². The van der Waals surface area contributed by atoms with Gasteiger partial charge < -0.3 is 33.5 Å². The van der Waals surface area contributed by atoms with Crippen molar-refractivity contribution in [1.29, 1.82) is 0 Å². The topological polar surface area (TPSA) is 75.6 Å². The van der Waals surface area contributed by atoms with E-state index < -0.39 is 30.7 Å². The minimum atomic E-state index is -0.988. The van der Waals surface area contributed by atoms with Crippen LogP contribution in [0, 0.1) is 0 Å². The van der Waals surface area contributed by atoms with Crippen molar-refractivity contribution in [2.75, 3.05) is 26.9 Å². The zero-order valence-electron chi connectivity index (χ0n) is 19.6. The summed E-state index contributed by atoms with van der Waals surface area (Å²) in [6.07, 6.45) is -0.511. The van der Waals surface area contributed by atoms with Crippen molar-refractivity contribution >= 4 is 0 Å². The zero-order chi connectivity index (χ0) is 24.2. The number of aliphatic hydroxyl groups excluding tert-OH is 1. The molecule has 0 amide bonds. The van der Waals surface area contributed by atoms with E-state index in [0.717, 1.165) is 16.9 Å². The molecule has 7 nitrogen and oxygen atoms in total. The maximum Gasteiger partial charge on any atom is 0.187 e. The lowest BCUT2D eigenvalue weighted by molar-refractivity contribution is -0.315. The fourth-order valence-corrected chi connectivity index (χ4v) is 3.65. The molecule has 0 spiro atoms. The maximum absolute atomic E-state index is 11.2. The largest absolute Gasteiger partial charge is 0.497 e. The summed E-state index contributed by atoms with van der Waals surface area (Å²) in [6, 6.07) is 17.4. The number of hydrogen-bond acceptors (Lipinski definition) is 7. The van der Waals surface area contributed by atoms with Gasteiger partial charge in [0.2, 0.25) is 0 Å². The third kappa shape index (κ3) is 7.50. The highest BCUT2D eigenvalue weighted by atomic mass is 16.7. The van der Waals surface area contributed by atoms with Crippen LogP contribution in [-0.2, 0) is 36.9 Å². The molecule has 5 atom stereocenters. The Bertz CT molecular complexity index is 855. The molecular formula is C27H34O7. The Morgan fingerprint density at radius 1 is 0.853 bits per heavy atom. The third-order valence-corrected chi connectivity index (χ3v) is 5.40. The van der Waals surface area contributed by atoms with E-state index in [1.165, 1.54) is 0 Å². The maximum atomic E-state index is 11.2. The van der Waals surface area contributed by atoms with Gasteiger partial charge in [-0.25, -0.2) is 0 Å². The van der Waals surface area contributed by atoms with Gasteiger partial charge >= 0.3 is 0 Å². The lowest BCUT2D eigenvalue weighted by Gasteiger charge is -2.44. The Kier molecular flexibility index (Phi) is 10.8. The van der Waals surface area contributed by atoms with E-state index in [1.54, 1.807) is 19.3 Å². The lowest BCUT2D eigenvalue weighted by atomic mass is 9.98. The molecule has 1 saturated heterocycles. The van der Waals surface area contributed by atoms with Crippen molar-refractivity contribution in [3.63, 3.8) is 0 Å². The van der Waals surface area contributed by atoms with Crippen LogP contribution in [0.15, 0.2) is 79.9 Å². The molecule has 0 saturated carbocycles. The second-order valence-electron chi connectivity index (χ2n) is 7.87. The first kappa shape index (κ1) is 26.1. The number of methoxy groups -OCH3 is 1. The van der Waals surface area contributed by atoms with Gasteiger partial charge in [-0.1, -0.05) is 54.6 Å². The van der Waals surface area contributed by atoms with Crippen LogP contribution in [0.4, 0.5) is 0 Å². The van der Waals surface area contributed by atoms with Gasteiger partial charge in [-0.15, -0.1) is 13.2 Å². The molecule has 2 aromatic rings. The molecule has 1 heterocycles. The average molecular weight is 471 g/mol. The van der Waals surface area contributed by atoms with Gasteiger partial charge in [0.15, 0.2) is 6.29 Å². The van der Waals surface area contributed by atoms with Crippen molar-refractivity contribution < 1.29 is 33.5 Å². The summed E-state index contributed by atoms with van der Waals surface area (Å²) in [6.45, 7) is 8.77. The molecule has 0 aliphatic carbocycles. The third-order valence-electron chi connectivity index (χ3n) is 5.40. The van der Waals surface area contributed by atoms with E-state index >= 15 is 0 Å². The molecule has 0 aromatic heterocycles. The molecule has 0 radical (unpaired) electrons. The number of benzene rings is 2. The molecule has 184 valence electrons. The highest BCUT2D eigenvalue weighted by Gasteiger charge is 2.47. The van der Waals surface area contributed by atoms with Crippen molar-refractivity contribution in [3.8, 4) is 5.75 Å². The average Bonchev–Trinajstić information content (AvgIpc) is 2.88. The van der Waals surface area contributed by atoms with Gasteiger partial charge in [0.05, 0.1) is 40.1 Å². The van der Waals surface area contributed by atoms with Crippen LogP contribution >= 0.6 is 0 Å². The Morgan fingerprint density at radius 2 is 1.53 bits per heavy atom. The summed E-state index contributed by atoms with van der Waals surface area (Å²) in [4.78, 5) is 0. The molecule has 3 rings (SSSR count). The second-order valence-corrected chi connectivity index (χ2v) is 7.87. The van der Waals surface area contributed by atoms with Gasteiger partial charge in [-0.2, -0.15) is 0 Å². The van der Waals surface area contributed by atoms with Crippen LogP contribution < -0.4 is 4.74 Å². The first-order valence-corrected chi connectivity index (χ1v) is 11.3. The smallest absolute Gasteiger partial charge is 0.187 e. The van der Waals surface area contributed by atoms with Crippen LogP contribution in [0.5, 0.6) is 5.75 Å². The number of rotatable bonds is 14. The molecule has 0 unspecified atom stereocenters. The number of hydrogen-bond donors (Lipinski definition) is 1. The molecule has 1 aliphatic rings. The summed E-state index contributed by atoms with van der Waals surface area (Å²) in [5.74, 6) is 0.779. The molecule has 1 aliphatic heterocycles. The fraction of sp³-hybridized carbons (Fsp3) is 0.407. The molecule has 34 heavy (non-hydrogen) atoms. The van der Waals surface area contributed by atoms with E-state index in [9.17, 15) is 5.11 Å². The SMILES string of the molecule is C=CCO[C@H]1O[C@H](COCc2ccc(OC)cc2)[C@@H](O)[C@H](OCc2ccccc2)[C@@H]1OCC=C. The van der Waals surface area contributed by atoms with Gasteiger partial charge in [0, 0.05) is 0 Å². The highest BCUT2D eigenvalue weighted by Crippen LogP contribution is 2.28. The zero-order valence-corrected chi connectivity index (χ0v) is 19.6. The Balaban J connectivity index is 1.69. The summed E-state index contributed by atoms with van der Waals surface area (Å²) < 4.78 is 35.0. The second kappa shape index (κ2) is 14.0. The van der Waals surface area contributed by atoms with Gasteiger partial charge in [0.25, 0.3) is 0 Å². The van der Waals surface area contributed by atoms with E-state index in [2.05, 4.69) is 13.2 Å². The van der Waals surface area contributed by atoms with E-state index in [0.29, 0.717) is 13.2 Å². The first-order valence-electron chi connectivity index (χ1n) is 11.3. The predicted molar refractivity (Wildman–Crippen MR) is 128 cm³/mol. The summed E-state index contributed by atoms with van der Waals surface area (Å²) in [5.41, 5.74) is 1.97. The minimum Gasteiger partial charge on any atom is -0.497 e. The molecule has 1 fully saturated rings. The summed E-state index contributed by atoms with van der Waals surface area (Å²) in [7, 11) is 1.63. The van der Waals surface area contributed by atoms with Gasteiger partial charge in [-0.05, 0) is 23.3 Å². The van der Waals surface area contributed by atoms with E-state index in [1.807, 2.05) is 54.6 Å². The number of ether oxygens (including phenoxy) is 6. The van der Waals surface area contributed by atoms with Crippen LogP contribution in [0.25, 0.3) is 0 Å². The van der Waals surface area contributed by atoms with Crippen molar-refractivity contribution in [1.82, 2.24) is 0 Å². The van der Waals surface area contributed by atoms with E-state index in [-0.39, 0.29) is 19.8 Å². The monoisotopic (exact) mass is 470 g/mol. The minimum absolute atomic E-state index is 0.153. The normalized spacial score (nSPS) is 24.5. The van der Waals surface area contributed by atoms with E-state index in [4.69, 9.17) is 28.4 Å².